The summed E-state index contributed by atoms with van der Waals surface area (Å²) < 4.78 is 5.63. The summed E-state index contributed by atoms with van der Waals surface area (Å²) in [5.74, 6) is 0.494. The van der Waals surface area contributed by atoms with Crippen LogP contribution in [0.25, 0.3) is 0 Å². The molecule has 1 heterocycles. The number of nitrogens with one attached hydrogen (secondary N) is 1. The van der Waals surface area contributed by atoms with Crippen LogP contribution in [-0.4, -0.2) is 35.5 Å². The van der Waals surface area contributed by atoms with Gasteiger partial charge in [0.15, 0.2) is 0 Å². The van der Waals surface area contributed by atoms with Crippen molar-refractivity contribution in [1.29, 1.82) is 0 Å². The molecule has 0 fully saturated rings. The highest BCUT2D eigenvalue weighted by molar-refractivity contribution is 5.94. The lowest BCUT2D eigenvalue weighted by atomic mass is 10.1. The smallest absolute Gasteiger partial charge is 0.251 e. The maximum atomic E-state index is 12.4. The van der Waals surface area contributed by atoms with Crippen molar-refractivity contribution in [3.05, 3.63) is 59.3 Å². The minimum absolute atomic E-state index is 0.0929. The molecule has 0 aliphatic heterocycles. The van der Waals surface area contributed by atoms with Gasteiger partial charge in [-0.05, 0) is 43.3 Å². The first-order valence-corrected chi connectivity index (χ1v) is 9.34. The van der Waals surface area contributed by atoms with E-state index in [2.05, 4.69) is 29.0 Å². The Morgan fingerprint density at radius 3 is 2.50 bits per heavy atom. The lowest BCUT2D eigenvalue weighted by Crippen LogP contribution is -2.24. The molecule has 2 rings (SSSR count). The van der Waals surface area contributed by atoms with Gasteiger partial charge in [-0.1, -0.05) is 39.0 Å². The van der Waals surface area contributed by atoms with Crippen molar-refractivity contribution in [2.45, 2.75) is 40.3 Å². The van der Waals surface area contributed by atoms with Crippen LogP contribution in [0.15, 0.2) is 42.6 Å². The first kappa shape index (κ1) is 19.9. The zero-order chi connectivity index (χ0) is 18.8. The van der Waals surface area contributed by atoms with Crippen LogP contribution in [-0.2, 0) is 13.1 Å². The lowest BCUT2D eigenvalue weighted by molar-refractivity contribution is 0.0950. The average Bonchev–Trinajstić information content (AvgIpc) is 2.69. The van der Waals surface area contributed by atoms with Gasteiger partial charge in [-0.3, -0.25) is 9.69 Å². The summed E-state index contributed by atoms with van der Waals surface area (Å²) in [5.41, 5.74) is 2.76. The first-order valence-electron chi connectivity index (χ1n) is 9.34. The first-order chi connectivity index (χ1) is 12.7. The molecule has 0 saturated heterocycles. The molecule has 5 nitrogen and oxygen atoms in total. The number of benzene rings is 1. The Labute approximate surface area is 156 Å². The molecule has 0 aliphatic carbocycles. The van der Waals surface area contributed by atoms with Gasteiger partial charge in [-0.2, -0.15) is 0 Å². The third kappa shape index (κ3) is 5.85. The zero-order valence-electron chi connectivity index (χ0n) is 16.0. The number of nitrogens with zero attached hydrogens (tertiary/aromatic N) is 2. The number of ether oxygens (including phenoxy) is 1. The Balaban J connectivity index is 1.94. The number of rotatable bonds is 10. The Bertz CT molecular complexity index is 682. The quantitative estimate of drug-likeness (QED) is 0.707. The molecular formula is C21H29N3O2. The molecule has 0 atom stereocenters. The number of pyridine rings is 1. The predicted octanol–water partition coefficient (Wildman–Crippen LogP) is 3.64. The third-order valence-corrected chi connectivity index (χ3v) is 4.25. The summed E-state index contributed by atoms with van der Waals surface area (Å²) in [5, 5.41) is 2.95. The fraction of sp³-hybridized carbons (Fsp3) is 0.429. The van der Waals surface area contributed by atoms with E-state index in [1.54, 1.807) is 6.20 Å². The van der Waals surface area contributed by atoms with E-state index in [-0.39, 0.29) is 5.91 Å². The molecule has 1 N–H and O–H groups in total. The molecular weight excluding hydrogens is 326 g/mol. The van der Waals surface area contributed by atoms with Crippen molar-refractivity contribution in [2.75, 3.05) is 19.7 Å². The minimum Gasteiger partial charge on any atom is -0.477 e. The largest absolute Gasteiger partial charge is 0.477 e. The van der Waals surface area contributed by atoms with E-state index < -0.39 is 0 Å². The summed E-state index contributed by atoms with van der Waals surface area (Å²) in [4.78, 5) is 19.0. The number of carbonyl (C=O) groups excluding carboxylic acids is 1. The van der Waals surface area contributed by atoms with E-state index in [1.165, 1.54) is 5.56 Å². The Kier molecular flexibility index (Phi) is 8.09. The fourth-order valence-corrected chi connectivity index (χ4v) is 2.63. The van der Waals surface area contributed by atoms with Crippen LogP contribution in [0.3, 0.4) is 0 Å². The number of hydrogen-bond acceptors (Lipinski definition) is 4. The van der Waals surface area contributed by atoms with Crippen molar-refractivity contribution >= 4 is 5.91 Å². The molecule has 0 saturated carbocycles. The molecule has 0 unspecified atom stereocenters. The van der Waals surface area contributed by atoms with E-state index >= 15 is 0 Å². The van der Waals surface area contributed by atoms with E-state index in [1.807, 2.05) is 43.3 Å². The monoisotopic (exact) mass is 355 g/mol. The van der Waals surface area contributed by atoms with Crippen LogP contribution >= 0.6 is 0 Å². The standard InChI is InChI=1S/C21H29N3O2/c1-4-14-26-21-19(8-7-13-22-21)15-23-20(25)18-11-9-17(10-12-18)16-24(5-2)6-3/h7-13H,4-6,14-16H2,1-3H3,(H,23,25). The molecule has 0 spiro atoms. The van der Waals surface area contributed by atoms with E-state index in [0.29, 0.717) is 24.6 Å². The zero-order valence-corrected chi connectivity index (χ0v) is 16.0. The Morgan fingerprint density at radius 1 is 1.12 bits per heavy atom. The summed E-state index contributed by atoms with van der Waals surface area (Å²) in [7, 11) is 0. The van der Waals surface area contributed by atoms with Crippen molar-refractivity contribution in [3.8, 4) is 5.88 Å². The summed E-state index contributed by atoms with van der Waals surface area (Å²) in [6, 6.07) is 11.6. The van der Waals surface area contributed by atoms with Gasteiger partial charge in [-0.25, -0.2) is 4.98 Å². The predicted molar refractivity (Wildman–Crippen MR) is 104 cm³/mol. The van der Waals surface area contributed by atoms with E-state index in [0.717, 1.165) is 31.6 Å². The second kappa shape index (κ2) is 10.6. The molecule has 2 aromatic rings. The molecule has 0 bridgehead atoms. The van der Waals surface area contributed by atoms with Crippen molar-refractivity contribution in [1.82, 2.24) is 15.2 Å². The fourth-order valence-electron chi connectivity index (χ4n) is 2.63. The van der Waals surface area contributed by atoms with Crippen LogP contribution in [0.5, 0.6) is 5.88 Å². The van der Waals surface area contributed by atoms with Gasteiger partial charge in [0.05, 0.1) is 6.61 Å². The number of hydrogen-bond donors (Lipinski definition) is 1. The van der Waals surface area contributed by atoms with Crippen molar-refractivity contribution in [2.24, 2.45) is 0 Å². The van der Waals surface area contributed by atoms with Crippen LogP contribution in [0.2, 0.25) is 0 Å². The summed E-state index contributed by atoms with van der Waals surface area (Å²) in [6.07, 6.45) is 2.62. The molecule has 140 valence electrons. The molecule has 0 radical (unpaired) electrons. The topological polar surface area (TPSA) is 54.5 Å². The molecule has 1 amide bonds. The second-order valence-corrected chi connectivity index (χ2v) is 6.16. The molecule has 26 heavy (non-hydrogen) atoms. The third-order valence-electron chi connectivity index (χ3n) is 4.25. The van der Waals surface area contributed by atoms with Gasteiger partial charge in [0.1, 0.15) is 0 Å². The van der Waals surface area contributed by atoms with Crippen LogP contribution < -0.4 is 10.1 Å². The van der Waals surface area contributed by atoms with Gasteiger partial charge in [0.25, 0.3) is 5.91 Å². The minimum atomic E-state index is -0.0929. The maximum absolute atomic E-state index is 12.4. The maximum Gasteiger partial charge on any atom is 0.251 e. The highest BCUT2D eigenvalue weighted by atomic mass is 16.5. The normalized spacial score (nSPS) is 10.8. The highest BCUT2D eigenvalue weighted by Crippen LogP contribution is 2.15. The van der Waals surface area contributed by atoms with Gasteiger partial charge in [0.2, 0.25) is 5.88 Å². The number of amides is 1. The molecule has 1 aromatic carbocycles. The number of aromatic nitrogens is 1. The highest BCUT2D eigenvalue weighted by Gasteiger charge is 2.09. The van der Waals surface area contributed by atoms with Gasteiger partial charge < -0.3 is 10.1 Å². The Morgan fingerprint density at radius 2 is 1.85 bits per heavy atom. The number of carbonyl (C=O) groups is 1. The summed E-state index contributed by atoms with van der Waals surface area (Å²) in [6.45, 7) is 10.3. The van der Waals surface area contributed by atoms with Gasteiger partial charge in [0, 0.05) is 30.4 Å². The molecule has 0 aliphatic rings. The SMILES string of the molecule is CCCOc1ncccc1CNC(=O)c1ccc(CN(CC)CC)cc1. The van der Waals surface area contributed by atoms with Crippen molar-refractivity contribution < 1.29 is 9.53 Å². The van der Waals surface area contributed by atoms with Crippen molar-refractivity contribution in [3.63, 3.8) is 0 Å². The van der Waals surface area contributed by atoms with Gasteiger partial charge in [-0.15, -0.1) is 0 Å². The molecule has 1 aromatic heterocycles. The lowest BCUT2D eigenvalue weighted by Gasteiger charge is -2.18. The summed E-state index contributed by atoms with van der Waals surface area (Å²) >= 11 is 0. The Hall–Kier alpha value is -2.40. The average molecular weight is 355 g/mol. The van der Waals surface area contributed by atoms with Crippen LogP contribution in [0.1, 0.15) is 48.7 Å². The van der Waals surface area contributed by atoms with Crippen LogP contribution in [0, 0.1) is 0 Å². The molecule has 5 heteroatoms. The second-order valence-electron chi connectivity index (χ2n) is 6.16. The van der Waals surface area contributed by atoms with E-state index in [4.69, 9.17) is 4.74 Å². The van der Waals surface area contributed by atoms with Gasteiger partial charge >= 0.3 is 0 Å². The van der Waals surface area contributed by atoms with E-state index in [9.17, 15) is 4.79 Å². The van der Waals surface area contributed by atoms with Crippen LogP contribution in [0.4, 0.5) is 0 Å².